The molecule has 4 amide bonds. The van der Waals surface area contributed by atoms with Gasteiger partial charge in [0.2, 0.25) is 0 Å². The average molecular weight is 822 g/mol. The predicted octanol–water partition coefficient (Wildman–Crippen LogP) is 1.80. The van der Waals surface area contributed by atoms with Gasteiger partial charge in [-0.1, -0.05) is 60.7 Å². The van der Waals surface area contributed by atoms with Crippen molar-refractivity contribution in [3.63, 3.8) is 0 Å². The molecule has 0 aliphatic heterocycles. The summed E-state index contributed by atoms with van der Waals surface area (Å²) in [4.78, 5) is 79.3. The highest BCUT2D eigenvalue weighted by molar-refractivity contribution is 6.02. The van der Waals surface area contributed by atoms with E-state index in [0.717, 1.165) is 11.1 Å². The zero-order valence-corrected chi connectivity index (χ0v) is 33.3. The molecule has 17 heteroatoms. The zero-order valence-electron chi connectivity index (χ0n) is 33.3. The molecule has 0 saturated heterocycles. The van der Waals surface area contributed by atoms with Gasteiger partial charge in [-0.15, -0.1) is 0 Å². The van der Waals surface area contributed by atoms with Crippen LogP contribution >= 0.6 is 0 Å². The van der Waals surface area contributed by atoms with Crippen LogP contribution in [0.3, 0.4) is 0 Å². The van der Waals surface area contributed by atoms with Crippen LogP contribution in [0.15, 0.2) is 94.5 Å². The normalized spacial score (nSPS) is 10.9. The molecule has 60 heavy (non-hydrogen) atoms. The second-order valence-corrected chi connectivity index (χ2v) is 13.9. The summed E-state index contributed by atoms with van der Waals surface area (Å²) >= 11 is 0. The van der Waals surface area contributed by atoms with Crippen molar-refractivity contribution < 1.29 is 39.6 Å². The molecule has 0 spiro atoms. The number of nitrogens with zero attached hydrogens (tertiary/aromatic N) is 3. The summed E-state index contributed by atoms with van der Waals surface area (Å²) in [5.41, 5.74) is 0.192. The number of nitrogens with one attached hydrogen (secondary N) is 4. The fraction of sp³-hybridized carbons (Fsp3) is 0.256. The molecular weight excluding hydrogens is 775 g/mol. The third kappa shape index (κ3) is 10.4. The van der Waals surface area contributed by atoms with Crippen LogP contribution in [0, 0.1) is 13.8 Å². The Morgan fingerprint density at radius 1 is 0.517 bits per heavy atom. The van der Waals surface area contributed by atoms with Crippen molar-refractivity contribution in [1.82, 2.24) is 35.3 Å². The van der Waals surface area contributed by atoms with Crippen LogP contribution in [-0.4, -0.2) is 104 Å². The molecule has 0 fully saturated rings. The van der Waals surface area contributed by atoms with Crippen molar-refractivity contribution in [3.8, 4) is 23.0 Å². The molecule has 0 atom stereocenters. The second-order valence-electron chi connectivity index (χ2n) is 13.9. The van der Waals surface area contributed by atoms with Gasteiger partial charge in [-0.3, -0.25) is 33.7 Å². The Morgan fingerprint density at radius 3 is 1.23 bits per heavy atom. The lowest BCUT2D eigenvalue weighted by Crippen LogP contribution is -2.43. The molecule has 5 rings (SSSR count). The van der Waals surface area contributed by atoms with E-state index in [2.05, 4.69) is 21.3 Å². The summed E-state index contributed by atoms with van der Waals surface area (Å²) < 4.78 is 2.72. The van der Waals surface area contributed by atoms with Crippen LogP contribution in [0.5, 0.6) is 23.0 Å². The van der Waals surface area contributed by atoms with E-state index in [-0.39, 0.29) is 74.6 Å². The lowest BCUT2D eigenvalue weighted by molar-refractivity contribution is 0.0933. The molecule has 0 aliphatic carbocycles. The van der Waals surface area contributed by atoms with Gasteiger partial charge < -0.3 is 50.8 Å². The smallest absolute Gasteiger partial charge is 0.294 e. The number of carbonyl (C=O) groups excluding carboxylic acids is 4. The van der Waals surface area contributed by atoms with Crippen LogP contribution in [0.4, 0.5) is 0 Å². The number of pyridine rings is 2. The summed E-state index contributed by atoms with van der Waals surface area (Å²) in [6, 6.07) is 23.6. The highest BCUT2D eigenvalue weighted by atomic mass is 16.3. The van der Waals surface area contributed by atoms with Crippen LogP contribution in [-0.2, 0) is 13.1 Å². The first-order chi connectivity index (χ1) is 28.7. The maximum absolute atomic E-state index is 13.2. The molecule has 0 aliphatic rings. The van der Waals surface area contributed by atoms with E-state index in [1.54, 1.807) is 18.7 Å². The van der Waals surface area contributed by atoms with E-state index in [1.807, 2.05) is 60.7 Å². The summed E-state index contributed by atoms with van der Waals surface area (Å²) in [6.07, 6.45) is 0. The van der Waals surface area contributed by atoms with Gasteiger partial charge in [0, 0.05) is 57.7 Å². The molecular formula is C43H47N7O10. The summed E-state index contributed by atoms with van der Waals surface area (Å²) in [5.74, 6) is -5.80. The molecule has 3 aromatic carbocycles. The summed E-state index contributed by atoms with van der Waals surface area (Å²) in [7, 11) is 1.34. The van der Waals surface area contributed by atoms with Crippen molar-refractivity contribution in [2.45, 2.75) is 26.9 Å². The van der Waals surface area contributed by atoms with Crippen molar-refractivity contribution >= 4 is 23.6 Å². The lowest BCUT2D eigenvalue weighted by Gasteiger charge is -2.23. The van der Waals surface area contributed by atoms with Crippen molar-refractivity contribution in [3.05, 3.63) is 150 Å². The van der Waals surface area contributed by atoms with E-state index in [1.165, 1.54) is 40.4 Å². The first-order valence-corrected chi connectivity index (χ1v) is 19.0. The second kappa shape index (κ2) is 19.8. The molecule has 2 heterocycles. The molecule has 0 unspecified atom stereocenters. The van der Waals surface area contributed by atoms with E-state index in [4.69, 9.17) is 0 Å². The number of hydrogen-bond donors (Lipinski definition) is 8. The van der Waals surface area contributed by atoms with Gasteiger partial charge in [0.25, 0.3) is 34.7 Å². The molecule has 5 aromatic rings. The number of aromatic hydroxyl groups is 4. The first-order valence-electron chi connectivity index (χ1n) is 19.0. The monoisotopic (exact) mass is 821 g/mol. The van der Waals surface area contributed by atoms with Gasteiger partial charge >= 0.3 is 0 Å². The molecule has 8 N–H and O–H groups in total. The standard InChI is InChI=1S/C43H47N7O10/c1-26-22-32(36(53)42(59)49(26)24-28-10-6-4-7-11-28)40(57)46-17-20-48(19-16-45-39(56)31-15-14-30(38(55)44-3)34(51)35(31)52)21-18-47-41(58)33-23-27(2)50(43(60)37(33)54)25-29-12-8-5-9-13-29/h4-15,22-23,51-54H,16-21,24-25H2,1-3H3,(H,44,55)(H,45,56)(H,46,57)(H,47,58). The number of phenolic OH excluding ortho intramolecular Hbond substituents is 2. The topological polar surface area (TPSA) is 245 Å². The predicted molar refractivity (Wildman–Crippen MR) is 222 cm³/mol. The van der Waals surface area contributed by atoms with Gasteiger partial charge in [-0.2, -0.15) is 0 Å². The lowest BCUT2D eigenvalue weighted by atomic mass is 10.1. The van der Waals surface area contributed by atoms with E-state index in [9.17, 15) is 49.2 Å². The zero-order chi connectivity index (χ0) is 43.5. The first kappa shape index (κ1) is 43.7. The summed E-state index contributed by atoms with van der Waals surface area (Å²) in [5, 5.41) is 52.5. The van der Waals surface area contributed by atoms with Crippen LogP contribution < -0.4 is 32.4 Å². The van der Waals surface area contributed by atoms with Crippen LogP contribution in [0.25, 0.3) is 0 Å². The van der Waals surface area contributed by atoms with Gasteiger partial charge in [0.05, 0.1) is 35.3 Å². The molecule has 0 saturated carbocycles. The van der Waals surface area contributed by atoms with Crippen LogP contribution in [0.2, 0.25) is 0 Å². The molecule has 0 radical (unpaired) electrons. The third-order valence-electron chi connectivity index (χ3n) is 9.83. The fourth-order valence-electron chi connectivity index (χ4n) is 6.47. The number of amides is 4. The average Bonchev–Trinajstić information content (AvgIpc) is 3.24. The minimum atomic E-state index is -0.784. The third-order valence-corrected chi connectivity index (χ3v) is 9.83. The Kier molecular flexibility index (Phi) is 14.5. The molecule has 2 aromatic heterocycles. The minimum Gasteiger partial charge on any atom is -0.504 e. The van der Waals surface area contributed by atoms with E-state index in [0.29, 0.717) is 11.4 Å². The number of aromatic nitrogens is 2. The molecule has 17 nitrogen and oxygen atoms in total. The Bertz CT molecular complexity index is 2370. The maximum atomic E-state index is 13.2. The van der Waals surface area contributed by atoms with Gasteiger partial charge in [0.1, 0.15) is 0 Å². The van der Waals surface area contributed by atoms with E-state index < -0.39 is 57.7 Å². The van der Waals surface area contributed by atoms with Gasteiger partial charge in [-0.25, -0.2) is 0 Å². The van der Waals surface area contributed by atoms with E-state index >= 15 is 0 Å². The number of carbonyl (C=O) groups is 4. The SMILES string of the molecule is CNC(=O)c1ccc(C(=O)NCCN(CCNC(=O)c2cc(C)n(Cc3ccccc3)c(=O)c2O)CCNC(=O)c2cc(C)n(Cc3ccccc3)c(=O)c2O)c(O)c1O. The Labute approximate surface area is 344 Å². The highest BCUT2D eigenvalue weighted by Gasteiger charge is 2.22. The Balaban J connectivity index is 1.25. The number of hydrogen-bond acceptors (Lipinski definition) is 11. The number of phenols is 2. The summed E-state index contributed by atoms with van der Waals surface area (Å²) in [6.45, 7) is 4.12. The molecule has 0 bridgehead atoms. The number of aryl methyl sites for hydroxylation is 2. The van der Waals surface area contributed by atoms with Gasteiger partial charge in [-0.05, 0) is 49.2 Å². The van der Waals surface area contributed by atoms with Crippen LogP contribution in [0.1, 0.15) is 63.9 Å². The van der Waals surface area contributed by atoms with Crippen molar-refractivity contribution in [2.75, 3.05) is 46.3 Å². The van der Waals surface area contributed by atoms with Crippen molar-refractivity contribution in [2.24, 2.45) is 0 Å². The minimum absolute atomic E-state index is 0.00154. The maximum Gasteiger partial charge on any atom is 0.294 e. The van der Waals surface area contributed by atoms with Gasteiger partial charge in [0.15, 0.2) is 23.0 Å². The number of rotatable bonds is 17. The Hall–Kier alpha value is -7.40. The largest absolute Gasteiger partial charge is 0.504 e. The highest BCUT2D eigenvalue weighted by Crippen LogP contribution is 2.32. The quantitative estimate of drug-likeness (QED) is 0.0629. The molecule has 314 valence electrons. The Morgan fingerprint density at radius 2 is 0.867 bits per heavy atom. The number of benzene rings is 3. The van der Waals surface area contributed by atoms with Crippen molar-refractivity contribution in [1.29, 1.82) is 0 Å². The fourth-order valence-corrected chi connectivity index (χ4v) is 6.47.